The number of aliphatic imine (C=N–C) groups is 1. The summed E-state index contributed by atoms with van der Waals surface area (Å²) in [6.45, 7) is 3.03. The van der Waals surface area contributed by atoms with Crippen molar-refractivity contribution in [3.05, 3.63) is 0 Å². The third-order valence-electron chi connectivity index (χ3n) is 1.66. The molecule has 0 unspecified atom stereocenters. The minimum atomic E-state index is 0.942. The van der Waals surface area contributed by atoms with Gasteiger partial charge in [-0.1, -0.05) is 6.92 Å². The lowest BCUT2D eigenvalue weighted by Gasteiger charge is -1.99. The molecule has 0 atom stereocenters. The van der Waals surface area contributed by atoms with Crippen LogP contribution >= 0.6 is 0 Å². The van der Waals surface area contributed by atoms with E-state index in [1.54, 1.807) is 0 Å². The Bertz CT molecular complexity index is 161. The van der Waals surface area contributed by atoms with Gasteiger partial charge in [-0.15, -0.1) is 0 Å². The van der Waals surface area contributed by atoms with Gasteiger partial charge >= 0.3 is 0 Å². The highest BCUT2D eigenvalue weighted by molar-refractivity contribution is 5.82. The molecule has 0 saturated carbocycles. The standard InChI is InChI=1S/C8H15N3/c1-2-8-9-6-4-3-5-7-10-11-8/h7H,2-6H2,1H3,(H,9,11)/b10-7+. The van der Waals surface area contributed by atoms with Crippen LogP contribution in [0.25, 0.3) is 0 Å². The Balaban J connectivity index is 2.45. The zero-order chi connectivity index (χ0) is 7.94. The van der Waals surface area contributed by atoms with Crippen molar-refractivity contribution in [1.29, 1.82) is 0 Å². The molecule has 3 nitrogen and oxygen atoms in total. The minimum Gasteiger partial charge on any atom is -0.271 e. The molecule has 11 heavy (non-hydrogen) atoms. The van der Waals surface area contributed by atoms with Crippen LogP contribution < -0.4 is 5.43 Å². The molecule has 0 aliphatic carbocycles. The molecule has 0 amide bonds. The smallest absolute Gasteiger partial charge is 0.116 e. The van der Waals surface area contributed by atoms with Gasteiger partial charge in [-0.3, -0.25) is 10.4 Å². The number of hydrogen-bond acceptors (Lipinski definition) is 3. The quantitative estimate of drug-likeness (QED) is 0.609. The Morgan fingerprint density at radius 3 is 3.27 bits per heavy atom. The molecule has 1 N–H and O–H groups in total. The summed E-state index contributed by atoms with van der Waals surface area (Å²) in [6.07, 6.45) is 6.32. The van der Waals surface area contributed by atoms with Gasteiger partial charge in [0, 0.05) is 19.2 Å². The maximum Gasteiger partial charge on any atom is 0.116 e. The van der Waals surface area contributed by atoms with Crippen molar-refractivity contribution in [2.75, 3.05) is 6.54 Å². The van der Waals surface area contributed by atoms with E-state index >= 15 is 0 Å². The fraction of sp³-hybridized carbons (Fsp3) is 0.750. The summed E-state index contributed by atoms with van der Waals surface area (Å²) >= 11 is 0. The highest BCUT2D eigenvalue weighted by Crippen LogP contribution is 1.96. The van der Waals surface area contributed by atoms with Crippen molar-refractivity contribution in [3.63, 3.8) is 0 Å². The van der Waals surface area contributed by atoms with Crippen molar-refractivity contribution in [2.24, 2.45) is 10.1 Å². The lowest BCUT2D eigenvalue weighted by molar-refractivity contribution is 0.779. The van der Waals surface area contributed by atoms with E-state index in [0.717, 1.165) is 25.2 Å². The summed E-state index contributed by atoms with van der Waals surface area (Å²) in [4.78, 5) is 4.35. The highest BCUT2D eigenvalue weighted by atomic mass is 15.3. The van der Waals surface area contributed by atoms with E-state index in [-0.39, 0.29) is 0 Å². The van der Waals surface area contributed by atoms with Crippen LogP contribution in [0.15, 0.2) is 10.1 Å². The van der Waals surface area contributed by atoms with Crippen LogP contribution in [0.5, 0.6) is 0 Å². The van der Waals surface area contributed by atoms with Crippen LogP contribution in [-0.2, 0) is 0 Å². The third-order valence-corrected chi connectivity index (χ3v) is 1.66. The molecule has 0 fully saturated rings. The number of rotatable bonds is 1. The summed E-state index contributed by atoms with van der Waals surface area (Å²) in [5, 5.41) is 4.04. The predicted molar refractivity (Wildman–Crippen MR) is 48.1 cm³/mol. The van der Waals surface area contributed by atoms with Crippen molar-refractivity contribution < 1.29 is 0 Å². The van der Waals surface area contributed by atoms with E-state index in [1.807, 2.05) is 6.21 Å². The number of nitrogens with one attached hydrogen (secondary N) is 1. The third kappa shape index (κ3) is 3.16. The monoisotopic (exact) mass is 153 g/mol. The van der Waals surface area contributed by atoms with E-state index in [0.29, 0.717) is 0 Å². The van der Waals surface area contributed by atoms with Crippen LogP contribution in [0, 0.1) is 0 Å². The fourth-order valence-corrected chi connectivity index (χ4v) is 0.972. The van der Waals surface area contributed by atoms with E-state index in [4.69, 9.17) is 0 Å². The second-order valence-corrected chi connectivity index (χ2v) is 2.60. The molecular weight excluding hydrogens is 138 g/mol. The Hall–Kier alpha value is -0.860. The zero-order valence-electron chi connectivity index (χ0n) is 7.01. The fourth-order valence-electron chi connectivity index (χ4n) is 0.972. The van der Waals surface area contributed by atoms with Gasteiger partial charge in [-0.25, -0.2) is 0 Å². The molecule has 1 rings (SSSR count). The van der Waals surface area contributed by atoms with Crippen molar-refractivity contribution in [1.82, 2.24) is 5.43 Å². The number of amidine groups is 1. The molecular formula is C8H15N3. The second kappa shape index (κ2) is 4.88. The van der Waals surface area contributed by atoms with Gasteiger partial charge in [0.25, 0.3) is 0 Å². The molecule has 0 bridgehead atoms. The van der Waals surface area contributed by atoms with Gasteiger partial charge < -0.3 is 0 Å². The molecule has 1 aliphatic heterocycles. The van der Waals surface area contributed by atoms with Gasteiger partial charge in [0.2, 0.25) is 0 Å². The van der Waals surface area contributed by atoms with Gasteiger partial charge in [-0.2, -0.15) is 5.10 Å². The van der Waals surface area contributed by atoms with E-state index in [2.05, 4.69) is 22.4 Å². The second-order valence-electron chi connectivity index (χ2n) is 2.60. The first-order valence-electron chi connectivity index (χ1n) is 4.24. The highest BCUT2D eigenvalue weighted by Gasteiger charge is 1.94. The molecule has 1 aliphatic rings. The molecule has 0 aromatic carbocycles. The molecule has 3 heteroatoms. The first kappa shape index (κ1) is 8.24. The van der Waals surface area contributed by atoms with E-state index < -0.39 is 0 Å². The Morgan fingerprint density at radius 2 is 2.45 bits per heavy atom. The molecule has 0 aromatic rings. The molecule has 1 heterocycles. The average Bonchev–Trinajstić information content (AvgIpc) is 2.16. The summed E-state index contributed by atoms with van der Waals surface area (Å²) < 4.78 is 0. The summed E-state index contributed by atoms with van der Waals surface area (Å²) in [5.74, 6) is 1.00. The summed E-state index contributed by atoms with van der Waals surface area (Å²) in [5.41, 5.74) is 2.93. The van der Waals surface area contributed by atoms with E-state index in [9.17, 15) is 0 Å². The Kier molecular flexibility index (Phi) is 3.65. The van der Waals surface area contributed by atoms with Crippen LogP contribution in [-0.4, -0.2) is 18.6 Å². The number of hydrazone groups is 1. The first-order chi connectivity index (χ1) is 5.43. The molecule has 0 aromatic heterocycles. The van der Waals surface area contributed by atoms with Gasteiger partial charge in [0.1, 0.15) is 5.84 Å². The van der Waals surface area contributed by atoms with Crippen LogP contribution in [0.4, 0.5) is 0 Å². The van der Waals surface area contributed by atoms with Crippen LogP contribution in [0.3, 0.4) is 0 Å². The lowest BCUT2D eigenvalue weighted by atomic mass is 10.2. The van der Waals surface area contributed by atoms with Gasteiger partial charge in [0.05, 0.1) is 0 Å². The Labute approximate surface area is 67.6 Å². The molecule has 0 spiro atoms. The largest absolute Gasteiger partial charge is 0.271 e. The number of hydrogen-bond donors (Lipinski definition) is 1. The first-order valence-corrected chi connectivity index (χ1v) is 4.24. The van der Waals surface area contributed by atoms with Gasteiger partial charge in [0.15, 0.2) is 0 Å². The van der Waals surface area contributed by atoms with Crippen LogP contribution in [0.1, 0.15) is 32.6 Å². The average molecular weight is 153 g/mol. The lowest BCUT2D eigenvalue weighted by Crippen LogP contribution is -2.16. The van der Waals surface area contributed by atoms with E-state index in [1.165, 1.54) is 12.8 Å². The zero-order valence-corrected chi connectivity index (χ0v) is 7.01. The Morgan fingerprint density at radius 1 is 1.55 bits per heavy atom. The topological polar surface area (TPSA) is 36.8 Å². The minimum absolute atomic E-state index is 0.942. The number of nitrogens with zero attached hydrogens (tertiary/aromatic N) is 2. The van der Waals surface area contributed by atoms with Crippen molar-refractivity contribution in [3.8, 4) is 0 Å². The predicted octanol–water partition coefficient (Wildman–Crippen LogP) is 1.55. The normalized spacial score (nSPS) is 22.1. The molecule has 0 saturated heterocycles. The van der Waals surface area contributed by atoms with Crippen molar-refractivity contribution >= 4 is 12.1 Å². The molecule has 0 radical (unpaired) electrons. The van der Waals surface area contributed by atoms with Gasteiger partial charge in [-0.05, 0) is 19.3 Å². The maximum atomic E-state index is 4.35. The van der Waals surface area contributed by atoms with Crippen molar-refractivity contribution in [2.45, 2.75) is 32.6 Å². The maximum absolute atomic E-state index is 4.35. The SMILES string of the molecule is CCC1=NCCCC/C=N/N1. The summed E-state index contributed by atoms with van der Waals surface area (Å²) in [7, 11) is 0. The molecule has 62 valence electrons. The summed E-state index contributed by atoms with van der Waals surface area (Å²) in [6, 6.07) is 0. The van der Waals surface area contributed by atoms with Crippen LogP contribution in [0.2, 0.25) is 0 Å².